The second-order valence-corrected chi connectivity index (χ2v) is 18.0. The minimum Gasteiger partial charge on any atom is -0.453 e. The van der Waals surface area contributed by atoms with Gasteiger partial charge in [-0.05, 0) is 81.2 Å². The van der Waals surface area contributed by atoms with Gasteiger partial charge in [0.05, 0.1) is 17.1 Å². The van der Waals surface area contributed by atoms with E-state index in [0.717, 1.165) is 47.1 Å². The third-order valence-electron chi connectivity index (χ3n) is 9.29. The highest BCUT2D eigenvalue weighted by Gasteiger charge is 2.28. The van der Waals surface area contributed by atoms with Crippen molar-refractivity contribution in [3.8, 4) is 9.75 Å². The van der Waals surface area contributed by atoms with Crippen molar-refractivity contribution in [1.29, 1.82) is 0 Å². The van der Waals surface area contributed by atoms with Crippen LogP contribution in [0, 0.1) is 0 Å². The summed E-state index contributed by atoms with van der Waals surface area (Å²) in [6.45, 7) is 5.66. The number of amides is 5. The predicted octanol–water partition coefficient (Wildman–Crippen LogP) is 8.52. The van der Waals surface area contributed by atoms with Crippen LogP contribution in [-0.4, -0.2) is 87.2 Å². The molecule has 13 nitrogen and oxygen atoms in total. The van der Waals surface area contributed by atoms with Crippen LogP contribution in [0.2, 0.25) is 0 Å². The van der Waals surface area contributed by atoms with Gasteiger partial charge in [-0.15, -0.1) is 45.3 Å². The first-order chi connectivity index (χ1) is 29.1. The number of ether oxygens (including phenoxy) is 1. The molecule has 2 saturated heterocycles. The molecule has 6 heterocycles. The lowest BCUT2D eigenvalue weighted by Crippen LogP contribution is -2.41. The molecule has 6 aromatic rings. The molecule has 2 atom stereocenters. The van der Waals surface area contributed by atoms with E-state index in [4.69, 9.17) is 0 Å². The summed E-state index contributed by atoms with van der Waals surface area (Å²) < 4.78 is 9.13. The molecule has 2 aromatic carbocycles. The maximum Gasteiger partial charge on any atom is 0.407 e. The number of fused-ring (bicyclic) bond motifs is 2. The summed E-state index contributed by atoms with van der Waals surface area (Å²) in [5, 5.41) is 12.3. The van der Waals surface area contributed by atoms with Crippen LogP contribution in [0.15, 0.2) is 84.9 Å². The Balaban J connectivity index is 0.000000163. The van der Waals surface area contributed by atoms with Crippen molar-refractivity contribution < 1.29 is 33.5 Å². The van der Waals surface area contributed by atoms with E-state index >= 15 is 0 Å². The van der Waals surface area contributed by atoms with Crippen molar-refractivity contribution in [3.05, 3.63) is 96.1 Å². The Hall–Kier alpha value is -5.46. The normalized spacial score (nSPS) is 14.2. The Morgan fingerprint density at radius 1 is 0.650 bits per heavy atom. The van der Waals surface area contributed by atoms with Gasteiger partial charge in [0.2, 0.25) is 24.6 Å². The quantitative estimate of drug-likeness (QED) is 0.0940. The molecule has 316 valence electrons. The SMILES string of the molecule is CC(=O)NC(C(=O)N1CCCC1)c1ccccc1.CN1CCCC1.COC(=O)NC(C=O)c1ccccc1.O=CNc1cc2sc(-c3cc4sc(NC=O)cc4s3)cc2s1. The summed E-state index contributed by atoms with van der Waals surface area (Å²) in [6.07, 6.45) is 6.37. The fourth-order valence-electron chi connectivity index (χ4n) is 6.35. The molecule has 2 fully saturated rings. The second-order valence-electron chi connectivity index (χ2n) is 13.7. The van der Waals surface area contributed by atoms with E-state index in [1.54, 1.807) is 69.6 Å². The van der Waals surface area contributed by atoms with Crippen LogP contribution in [0.5, 0.6) is 0 Å². The number of hydrogen-bond donors (Lipinski definition) is 4. The van der Waals surface area contributed by atoms with Crippen molar-refractivity contribution in [1.82, 2.24) is 20.4 Å². The molecule has 2 aliphatic rings. The smallest absolute Gasteiger partial charge is 0.407 e. The molecule has 17 heteroatoms. The second kappa shape index (κ2) is 23.4. The lowest BCUT2D eigenvalue weighted by molar-refractivity contribution is -0.135. The zero-order chi connectivity index (χ0) is 42.9. The van der Waals surface area contributed by atoms with Crippen molar-refractivity contribution in [2.45, 2.75) is 44.7 Å². The van der Waals surface area contributed by atoms with Gasteiger partial charge >= 0.3 is 6.09 Å². The Kier molecular flexibility index (Phi) is 17.8. The number of carbonyl (C=O) groups is 6. The third kappa shape index (κ3) is 13.3. The Morgan fingerprint density at radius 2 is 1.12 bits per heavy atom. The predicted molar refractivity (Wildman–Crippen MR) is 244 cm³/mol. The maximum absolute atomic E-state index is 12.4. The Labute approximate surface area is 364 Å². The first kappa shape index (κ1) is 45.6. The third-order valence-corrected chi connectivity index (χ3v) is 13.9. The molecule has 2 aliphatic heterocycles. The number of methoxy groups -OCH3 is 1. The van der Waals surface area contributed by atoms with Crippen molar-refractivity contribution in [2.75, 3.05) is 51.0 Å². The van der Waals surface area contributed by atoms with Gasteiger partial charge in [-0.3, -0.25) is 19.2 Å². The lowest BCUT2D eigenvalue weighted by Gasteiger charge is -2.23. The van der Waals surface area contributed by atoms with Crippen LogP contribution < -0.4 is 21.3 Å². The number of carbonyl (C=O) groups excluding carboxylic acids is 6. The summed E-state index contributed by atoms with van der Waals surface area (Å²) in [5.74, 6) is -0.190. The molecule has 8 rings (SSSR count). The van der Waals surface area contributed by atoms with Crippen molar-refractivity contribution in [3.63, 3.8) is 0 Å². The molecule has 0 radical (unpaired) electrons. The standard InChI is InChI=1S/C14H8N2O2S4.C14H18N2O2.C10H11NO3.C5H11N/c17-5-15-13-3-11-9(21-13)1-7(19-11)8-2-10-12(20-8)4-14(22-10)16-6-18;1-11(17)15-13(12-7-3-2-4-8-12)14(18)16-9-5-6-10-16;1-14-10(13)11-9(7-12)8-5-3-2-4-6-8;1-6-4-2-3-5-6/h1-6H,(H,15,17)(H,16,18);2-4,7-8,13H,5-6,9-10H2,1H3,(H,15,17);2-7,9H,1H3,(H,11,13);2-5H2,1H3. The van der Waals surface area contributed by atoms with Crippen LogP contribution in [0.25, 0.3) is 28.6 Å². The van der Waals surface area contributed by atoms with E-state index in [2.05, 4.69) is 50.1 Å². The van der Waals surface area contributed by atoms with Crippen LogP contribution in [0.4, 0.5) is 14.8 Å². The van der Waals surface area contributed by atoms with E-state index in [1.807, 2.05) is 53.4 Å². The number of thiophene rings is 4. The number of likely N-dealkylation sites (tertiary alicyclic amines) is 2. The monoisotopic (exact) mass is 888 g/mol. The van der Waals surface area contributed by atoms with Crippen LogP contribution in [0.1, 0.15) is 55.8 Å². The van der Waals surface area contributed by atoms with Crippen molar-refractivity contribution >= 4 is 111 Å². The molecule has 0 aliphatic carbocycles. The fourth-order valence-corrected chi connectivity index (χ4v) is 10.9. The minimum absolute atomic E-state index is 0.00565. The van der Waals surface area contributed by atoms with Gasteiger partial charge in [-0.2, -0.15) is 0 Å². The molecule has 0 bridgehead atoms. The van der Waals surface area contributed by atoms with Gasteiger partial charge < -0.3 is 40.6 Å². The summed E-state index contributed by atoms with van der Waals surface area (Å²) in [6, 6.07) is 25.5. The average molecular weight is 889 g/mol. The lowest BCUT2D eigenvalue weighted by atomic mass is 10.1. The van der Waals surface area contributed by atoms with E-state index < -0.39 is 18.2 Å². The molecule has 2 unspecified atom stereocenters. The number of nitrogens with one attached hydrogen (secondary N) is 4. The fraction of sp³-hybridized carbons (Fsp3) is 0.302. The highest BCUT2D eigenvalue weighted by atomic mass is 32.1. The van der Waals surface area contributed by atoms with Crippen LogP contribution in [0.3, 0.4) is 0 Å². The molecule has 4 aromatic heterocycles. The average Bonchev–Trinajstić information content (AvgIpc) is 4.12. The molecular weight excluding hydrogens is 841 g/mol. The summed E-state index contributed by atoms with van der Waals surface area (Å²) >= 11 is 6.62. The zero-order valence-electron chi connectivity index (χ0n) is 33.5. The number of nitrogens with zero attached hydrogens (tertiary/aromatic N) is 2. The topological polar surface area (TPSA) is 166 Å². The summed E-state index contributed by atoms with van der Waals surface area (Å²) in [7, 11) is 3.43. The van der Waals surface area contributed by atoms with Gasteiger partial charge in [0, 0.05) is 48.6 Å². The number of rotatable bonds is 11. The molecule has 5 amide bonds. The number of benzene rings is 2. The molecule has 0 spiro atoms. The molecular formula is C43H48N6O7S4. The van der Waals surface area contributed by atoms with E-state index in [0.29, 0.717) is 19.1 Å². The molecule has 0 saturated carbocycles. The number of aldehydes is 1. The van der Waals surface area contributed by atoms with Crippen LogP contribution >= 0.6 is 45.3 Å². The Morgan fingerprint density at radius 3 is 1.52 bits per heavy atom. The van der Waals surface area contributed by atoms with E-state index in [1.165, 1.54) is 68.5 Å². The van der Waals surface area contributed by atoms with Crippen LogP contribution in [-0.2, 0) is 28.7 Å². The van der Waals surface area contributed by atoms with Gasteiger partial charge in [0.1, 0.15) is 18.4 Å². The van der Waals surface area contributed by atoms with E-state index in [9.17, 15) is 28.8 Å². The number of alkyl carbamates (subject to hydrolysis) is 1. The van der Waals surface area contributed by atoms with E-state index in [-0.39, 0.29) is 11.8 Å². The zero-order valence-corrected chi connectivity index (χ0v) is 36.8. The number of anilines is 2. The summed E-state index contributed by atoms with van der Waals surface area (Å²) in [4.78, 5) is 72.8. The van der Waals surface area contributed by atoms with Crippen molar-refractivity contribution in [2.24, 2.45) is 0 Å². The van der Waals surface area contributed by atoms with Gasteiger partial charge in [0.15, 0.2) is 0 Å². The molecule has 60 heavy (non-hydrogen) atoms. The van der Waals surface area contributed by atoms with Gasteiger partial charge in [-0.25, -0.2) is 4.79 Å². The maximum atomic E-state index is 12.4. The highest BCUT2D eigenvalue weighted by Crippen LogP contribution is 2.45. The largest absolute Gasteiger partial charge is 0.453 e. The molecule has 4 N–H and O–H groups in total. The summed E-state index contributed by atoms with van der Waals surface area (Å²) in [5.41, 5.74) is 1.57. The number of hydrogen-bond acceptors (Lipinski definition) is 12. The van der Waals surface area contributed by atoms with Gasteiger partial charge in [0.25, 0.3) is 0 Å². The minimum atomic E-state index is -0.649. The highest BCUT2D eigenvalue weighted by molar-refractivity contribution is 7.35. The Bertz CT molecular complexity index is 2170. The first-order valence-corrected chi connectivity index (χ1v) is 22.5. The first-order valence-electron chi connectivity index (χ1n) is 19.2. The van der Waals surface area contributed by atoms with Gasteiger partial charge in [-0.1, -0.05) is 60.7 Å².